The van der Waals surface area contributed by atoms with Gasteiger partial charge in [-0.25, -0.2) is 0 Å². The van der Waals surface area contributed by atoms with Gasteiger partial charge in [-0.15, -0.1) is 0 Å². The maximum absolute atomic E-state index is 2.57. The van der Waals surface area contributed by atoms with Crippen LogP contribution in [0.25, 0.3) is 54.9 Å². The number of benzene rings is 10. The van der Waals surface area contributed by atoms with Crippen molar-refractivity contribution in [2.45, 2.75) is 10.8 Å². The molecular formula is C58H38. The van der Waals surface area contributed by atoms with Crippen LogP contribution in [0.1, 0.15) is 44.5 Å². The standard InChI is InChI=1S/C58H38/c1-5-21-39(22-6-1)57(40-23-7-2-8-24-40)51-35-19-17-33-47(51)55-45-31-15-13-29-43(45)49(37-53(55)57)50-38-54-56(46-32-16-14-30-44(46)50)48-34-18-20-36-52(48)58(54,41-25-9-3-10-26-41)42-27-11-4-12-28-42/h1-38H. The second kappa shape index (κ2) is 12.6. The molecule has 270 valence electrons. The van der Waals surface area contributed by atoms with Crippen LogP contribution in [-0.4, -0.2) is 0 Å². The molecule has 0 nitrogen and oxygen atoms in total. The van der Waals surface area contributed by atoms with Gasteiger partial charge in [-0.05, 0) is 112 Å². The van der Waals surface area contributed by atoms with Crippen molar-refractivity contribution in [3.05, 3.63) is 275 Å². The van der Waals surface area contributed by atoms with E-state index in [-0.39, 0.29) is 0 Å². The average molecular weight is 735 g/mol. The predicted octanol–water partition coefficient (Wildman–Crippen LogP) is 14.4. The van der Waals surface area contributed by atoms with E-state index < -0.39 is 10.8 Å². The van der Waals surface area contributed by atoms with Gasteiger partial charge in [-0.2, -0.15) is 0 Å². The quantitative estimate of drug-likeness (QED) is 0.165. The maximum atomic E-state index is 2.57. The smallest absolute Gasteiger partial charge is 0.0622 e. The summed E-state index contributed by atoms with van der Waals surface area (Å²) >= 11 is 0. The number of fused-ring (bicyclic) bond motifs is 10. The lowest BCUT2D eigenvalue weighted by molar-refractivity contribution is 0.768. The molecular weight excluding hydrogens is 697 g/mol. The molecule has 0 bridgehead atoms. The predicted molar refractivity (Wildman–Crippen MR) is 241 cm³/mol. The molecule has 0 heteroatoms. The number of hydrogen-bond acceptors (Lipinski definition) is 0. The molecule has 0 saturated carbocycles. The van der Waals surface area contributed by atoms with E-state index in [4.69, 9.17) is 0 Å². The minimum atomic E-state index is -0.520. The Hall–Kier alpha value is -7.28. The van der Waals surface area contributed by atoms with E-state index in [9.17, 15) is 0 Å². The summed E-state index contributed by atoms with van der Waals surface area (Å²) < 4.78 is 0. The van der Waals surface area contributed by atoms with Crippen molar-refractivity contribution in [2.24, 2.45) is 0 Å². The zero-order valence-electron chi connectivity index (χ0n) is 31.9. The summed E-state index contributed by atoms with van der Waals surface area (Å²) in [4.78, 5) is 0. The molecule has 0 aromatic heterocycles. The summed E-state index contributed by atoms with van der Waals surface area (Å²) in [5.74, 6) is 0. The minimum absolute atomic E-state index is 0.520. The third-order valence-electron chi connectivity index (χ3n) is 13.2. The first-order valence-electron chi connectivity index (χ1n) is 20.4. The van der Waals surface area contributed by atoms with Crippen LogP contribution in [0.5, 0.6) is 0 Å². The summed E-state index contributed by atoms with van der Waals surface area (Å²) in [6.45, 7) is 0. The van der Waals surface area contributed by atoms with Crippen molar-refractivity contribution >= 4 is 21.5 Å². The van der Waals surface area contributed by atoms with Gasteiger partial charge in [0.15, 0.2) is 0 Å². The van der Waals surface area contributed by atoms with Crippen LogP contribution in [-0.2, 0) is 10.8 Å². The Kier molecular flexibility index (Phi) is 7.16. The molecule has 0 spiro atoms. The van der Waals surface area contributed by atoms with E-state index in [0.717, 1.165) is 0 Å². The monoisotopic (exact) mass is 734 g/mol. The Bertz CT molecular complexity index is 2900. The van der Waals surface area contributed by atoms with E-state index in [1.807, 2.05) is 0 Å². The lowest BCUT2D eigenvalue weighted by Gasteiger charge is -2.35. The van der Waals surface area contributed by atoms with Crippen molar-refractivity contribution in [2.75, 3.05) is 0 Å². The summed E-state index contributed by atoms with van der Waals surface area (Å²) in [6, 6.07) is 86.3. The maximum Gasteiger partial charge on any atom is 0.0714 e. The Morgan fingerprint density at radius 3 is 0.828 bits per heavy atom. The number of rotatable bonds is 5. The van der Waals surface area contributed by atoms with Crippen molar-refractivity contribution in [1.82, 2.24) is 0 Å². The molecule has 12 rings (SSSR count). The highest BCUT2D eigenvalue weighted by Gasteiger charge is 2.49. The Morgan fingerprint density at radius 1 is 0.207 bits per heavy atom. The molecule has 0 atom stereocenters. The van der Waals surface area contributed by atoms with E-state index in [0.29, 0.717) is 0 Å². The third-order valence-corrected chi connectivity index (χ3v) is 13.2. The van der Waals surface area contributed by atoms with E-state index in [1.54, 1.807) is 0 Å². The summed E-state index contributed by atoms with van der Waals surface area (Å²) in [6.07, 6.45) is 0. The van der Waals surface area contributed by atoms with Gasteiger partial charge in [-0.1, -0.05) is 218 Å². The molecule has 0 fully saturated rings. The Morgan fingerprint density at radius 2 is 0.483 bits per heavy atom. The lowest BCUT2D eigenvalue weighted by atomic mass is 9.66. The minimum Gasteiger partial charge on any atom is -0.0622 e. The first-order valence-corrected chi connectivity index (χ1v) is 20.4. The van der Waals surface area contributed by atoms with Gasteiger partial charge in [0.2, 0.25) is 0 Å². The fraction of sp³-hybridized carbons (Fsp3) is 0.0345. The second-order valence-corrected chi connectivity index (χ2v) is 15.8. The van der Waals surface area contributed by atoms with Crippen LogP contribution < -0.4 is 0 Å². The van der Waals surface area contributed by atoms with Crippen LogP contribution in [0.2, 0.25) is 0 Å². The zero-order valence-corrected chi connectivity index (χ0v) is 31.9. The third kappa shape index (κ3) is 4.30. The SMILES string of the molecule is c1ccc(C2(c3ccccc3)c3ccccc3-c3c2cc(-c2cc4c(c5ccccc25)-c2ccccc2C4(c2ccccc2)c2ccccc2)c2ccccc32)cc1. The molecule has 10 aromatic rings. The van der Waals surface area contributed by atoms with Gasteiger partial charge in [-0.3, -0.25) is 0 Å². The van der Waals surface area contributed by atoms with Crippen LogP contribution in [0, 0.1) is 0 Å². The molecule has 0 radical (unpaired) electrons. The Balaban J connectivity index is 1.26. The molecule has 2 aliphatic carbocycles. The van der Waals surface area contributed by atoms with Crippen LogP contribution in [0.4, 0.5) is 0 Å². The van der Waals surface area contributed by atoms with Crippen LogP contribution in [0.15, 0.2) is 231 Å². The molecule has 0 heterocycles. The van der Waals surface area contributed by atoms with Crippen LogP contribution >= 0.6 is 0 Å². The van der Waals surface area contributed by atoms with E-state index in [2.05, 4.69) is 231 Å². The van der Waals surface area contributed by atoms with Crippen LogP contribution in [0.3, 0.4) is 0 Å². The molecule has 58 heavy (non-hydrogen) atoms. The highest BCUT2D eigenvalue weighted by molar-refractivity contribution is 6.16. The molecule has 0 unspecified atom stereocenters. The number of hydrogen-bond donors (Lipinski definition) is 0. The van der Waals surface area contributed by atoms with Crippen molar-refractivity contribution in [3.63, 3.8) is 0 Å². The topological polar surface area (TPSA) is 0 Å². The highest BCUT2D eigenvalue weighted by Crippen LogP contribution is 2.62. The molecule has 2 aliphatic rings. The van der Waals surface area contributed by atoms with Crippen molar-refractivity contribution in [1.29, 1.82) is 0 Å². The van der Waals surface area contributed by atoms with Crippen molar-refractivity contribution in [3.8, 4) is 33.4 Å². The fourth-order valence-corrected chi connectivity index (χ4v) is 11.0. The molecule has 0 amide bonds. The summed E-state index contributed by atoms with van der Waals surface area (Å²) in [5.41, 5.74) is 17.1. The largest absolute Gasteiger partial charge is 0.0714 e. The summed E-state index contributed by atoms with van der Waals surface area (Å²) in [7, 11) is 0. The fourth-order valence-electron chi connectivity index (χ4n) is 11.0. The Labute approximate surface area is 339 Å². The summed E-state index contributed by atoms with van der Waals surface area (Å²) in [5, 5.41) is 5.08. The molecule has 0 aliphatic heterocycles. The lowest BCUT2D eigenvalue weighted by Crippen LogP contribution is -2.28. The second-order valence-electron chi connectivity index (χ2n) is 15.8. The van der Waals surface area contributed by atoms with Gasteiger partial charge < -0.3 is 0 Å². The molecule has 10 aromatic carbocycles. The van der Waals surface area contributed by atoms with Gasteiger partial charge in [0, 0.05) is 0 Å². The highest BCUT2D eigenvalue weighted by atomic mass is 14.5. The zero-order chi connectivity index (χ0) is 38.3. The first-order chi connectivity index (χ1) is 28.8. The normalized spacial score (nSPS) is 14.1. The molecule has 0 N–H and O–H groups in total. The van der Waals surface area contributed by atoms with E-state index >= 15 is 0 Å². The average Bonchev–Trinajstić information content (AvgIpc) is 3.78. The van der Waals surface area contributed by atoms with Gasteiger partial charge >= 0.3 is 0 Å². The van der Waals surface area contributed by atoms with E-state index in [1.165, 1.54) is 99.4 Å². The van der Waals surface area contributed by atoms with Gasteiger partial charge in [0.1, 0.15) is 0 Å². The first kappa shape index (κ1) is 32.9. The molecule has 0 saturated heterocycles. The van der Waals surface area contributed by atoms with Gasteiger partial charge in [0.25, 0.3) is 0 Å². The van der Waals surface area contributed by atoms with Gasteiger partial charge in [0.05, 0.1) is 10.8 Å². The van der Waals surface area contributed by atoms with Crippen molar-refractivity contribution < 1.29 is 0 Å².